The van der Waals surface area contributed by atoms with Gasteiger partial charge in [-0.3, -0.25) is 14.9 Å². The number of carbonyl (C=O) groups excluding carboxylic acids is 2. The van der Waals surface area contributed by atoms with E-state index in [-0.39, 0.29) is 11.8 Å². The van der Waals surface area contributed by atoms with Crippen LogP contribution < -0.4 is 10.6 Å². The number of amides is 2. The first-order chi connectivity index (χ1) is 16.0. The fraction of sp³-hybridized carbons (Fsp3) is 0.120. The van der Waals surface area contributed by atoms with Crippen LogP contribution in [0.15, 0.2) is 78.9 Å². The number of aromatic nitrogens is 2. The summed E-state index contributed by atoms with van der Waals surface area (Å²) in [6.07, 6.45) is 0.340. The maximum atomic E-state index is 13.2. The molecule has 1 heterocycles. The molecule has 166 valence electrons. The second-order valence-corrected chi connectivity index (χ2v) is 8.85. The molecule has 0 aliphatic rings. The fourth-order valence-electron chi connectivity index (χ4n) is 3.30. The molecule has 4 rings (SSSR count). The molecule has 33 heavy (non-hydrogen) atoms. The van der Waals surface area contributed by atoms with E-state index in [2.05, 4.69) is 20.8 Å². The molecular formula is C25H21ClN4O2S. The van der Waals surface area contributed by atoms with Gasteiger partial charge in [0, 0.05) is 22.6 Å². The first-order valence-electron chi connectivity index (χ1n) is 10.3. The molecule has 1 unspecified atom stereocenters. The maximum absolute atomic E-state index is 13.2. The second-order valence-electron chi connectivity index (χ2n) is 7.44. The van der Waals surface area contributed by atoms with E-state index in [0.717, 1.165) is 16.7 Å². The molecule has 1 atom stereocenters. The van der Waals surface area contributed by atoms with Gasteiger partial charge in [0.2, 0.25) is 11.0 Å². The van der Waals surface area contributed by atoms with E-state index < -0.39 is 6.04 Å². The standard InChI is InChI=1S/C25H21ClN4O2S/c1-16-7-5-6-10-20(16)22(31)27-21(15-17-8-3-2-4-9-17)23(32)28-25-30-29-24(33-25)18-11-13-19(26)14-12-18/h2-14,21H,15H2,1H3,(H,27,31)(H,28,30,32). The van der Waals surface area contributed by atoms with Crippen molar-refractivity contribution < 1.29 is 9.59 Å². The van der Waals surface area contributed by atoms with Gasteiger partial charge in [-0.05, 0) is 36.2 Å². The fourth-order valence-corrected chi connectivity index (χ4v) is 4.18. The number of hydrogen-bond donors (Lipinski definition) is 2. The van der Waals surface area contributed by atoms with Crippen molar-refractivity contribution in [2.75, 3.05) is 5.32 Å². The number of halogens is 1. The molecule has 1 aromatic heterocycles. The van der Waals surface area contributed by atoms with E-state index in [1.54, 1.807) is 24.3 Å². The maximum Gasteiger partial charge on any atom is 0.252 e. The lowest BCUT2D eigenvalue weighted by molar-refractivity contribution is -0.118. The highest BCUT2D eigenvalue weighted by Crippen LogP contribution is 2.27. The van der Waals surface area contributed by atoms with Gasteiger partial charge in [-0.1, -0.05) is 83.6 Å². The Morgan fingerprint density at radius 3 is 2.36 bits per heavy atom. The smallest absolute Gasteiger partial charge is 0.252 e. The molecule has 4 aromatic rings. The Labute approximate surface area is 200 Å². The Kier molecular flexibility index (Phi) is 7.12. The lowest BCUT2D eigenvalue weighted by Crippen LogP contribution is -2.45. The van der Waals surface area contributed by atoms with Crippen molar-refractivity contribution in [3.05, 3.63) is 101 Å². The van der Waals surface area contributed by atoms with Crippen molar-refractivity contribution in [3.63, 3.8) is 0 Å². The first kappa shape index (κ1) is 22.6. The van der Waals surface area contributed by atoms with Gasteiger partial charge in [-0.25, -0.2) is 0 Å². The largest absolute Gasteiger partial charge is 0.340 e. The third kappa shape index (κ3) is 5.83. The van der Waals surface area contributed by atoms with Gasteiger partial charge in [0.25, 0.3) is 5.91 Å². The average Bonchev–Trinajstić information content (AvgIpc) is 3.28. The molecule has 0 spiro atoms. The molecule has 2 N–H and O–H groups in total. The molecule has 2 amide bonds. The Hall–Kier alpha value is -3.55. The zero-order valence-electron chi connectivity index (χ0n) is 17.8. The summed E-state index contributed by atoms with van der Waals surface area (Å²) in [6, 6.07) is 23.3. The zero-order chi connectivity index (χ0) is 23.2. The van der Waals surface area contributed by atoms with Crippen LogP contribution in [0.3, 0.4) is 0 Å². The molecule has 0 radical (unpaired) electrons. The summed E-state index contributed by atoms with van der Waals surface area (Å²) in [5.41, 5.74) is 3.16. The Balaban J connectivity index is 1.52. The monoisotopic (exact) mass is 476 g/mol. The van der Waals surface area contributed by atoms with Gasteiger partial charge in [-0.2, -0.15) is 0 Å². The predicted molar refractivity (Wildman–Crippen MR) is 132 cm³/mol. The number of carbonyl (C=O) groups is 2. The lowest BCUT2D eigenvalue weighted by atomic mass is 10.0. The van der Waals surface area contributed by atoms with Crippen molar-refractivity contribution in [2.24, 2.45) is 0 Å². The highest BCUT2D eigenvalue weighted by molar-refractivity contribution is 7.18. The van der Waals surface area contributed by atoms with E-state index in [9.17, 15) is 9.59 Å². The van der Waals surface area contributed by atoms with E-state index in [1.165, 1.54) is 11.3 Å². The minimum absolute atomic E-state index is 0.303. The summed E-state index contributed by atoms with van der Waals surface area (Å²) >= 11 is 7.20. The van der Waals surface area contributed by atoms with Crippen LogP contribution in [0, 0.1) is 6.92 Å². The molecule has 0 aliphatic carbocycles. The summed E-state index contributed by atoms with van der Waals surface area (Å²) < 4.78 is 0. The number of hydrogen-bond acceptors (Lipinski definition) is 5. The first-order valence-corrected chi connectivity index (χ1v) is 11.5. The Morgan fingerprint density at radius 1 is 0.939 bits per heavy atom. The van der Waals surface area contributed by atoms with E-state index in [1.807, 2.05) is 61.5 Å². The molecular weight excluding hydrogens is 456 g/mol. The summed E-state index contributed by atoms with van der Waals surface area (Å²) in [6.45, 7) is 1.86. The second kappa shape index (κ2) is 10.4. The molecule has 0 fully saturated rings. The number of nitrogens with zero attached hydrogens (tertiary/aromatic N) is 2. The van der Waals surface area contributed by atoms with Crippen LogP contribution in [0.25, 0.3) is 10.6 Å². The summed E-state index contributed by atoms with van der Waals surface area (Å²) in [4.78, 5) is 26.1. The van der Waals surface area contributed by atoms with Crippen LogP contribution in [0.1, 0.15) is 21.5 Å². The van der Waals surface area contributed by atoms with Crippen molar-refractivity contribution in [3.8, 4) is 10.6 Å². The van der Waals surface area contributed by atoms with Crippen LogP contribution in [0.2, 0.25) is 5.02 Å². The minimum atomic E-state index is -0.789. The van der Waals surface area contributed by atoms with Crippen LogP contribution in [0.5, 0.6) is 0 Å². The van der Waals surface area contributed by atoms with Crippen LogP contribution in [0.4, 0.5) is 5.13 Å². The Morgan fingerprint density at radius 2 is 1.64 bits per heavy atom. The van der Waals surface area contributed by atoms with Crippen molar-refractivity contribution >= 4 is 39.9 Å². The van der Waals surface area contributed by atoms with Crippen molar-refractivity contribution in [1.29, 1.82) is 0 Å². The highest BCUT2D eigenvalue weighted by atomic mass is 35.5. The number of anilines is 1. The quantitative estimate of drug-likeness (QED) is 0.386. The lowest BCUT2D eigenvalue weighted by Gasteiger charge is -2.18. The third-order valence-electron chi connectivity index (χ3n) is 5.04. The number of benzene rings is 3. The van der Waals surface area contributed by atoms with Gasteiger partial charge in [-0.15, -0.1) is 10.2 Å². The van der Waals surface area contributed by atoms with E-state index in [0.29, 0.717) is 27.1 Å². The van der Waals surface area contributed by atoms with Gasteiger partial charge in [0.15, 0.2) is 0 Å². The highest BCUT2D eigenvalue weighted by Gasteiger charge is 2.24. The van der Waals surface area contributed by atoms with Crippen LogP contribution in [-0.2, 0) is 11.2 Å². The number of nitrogens with one attached hydrogen (secondary N) is 2. The van der Waals surface area contributed by atoms with Gasteiger partial charge >= 0.3 is 0 Å². The molecule has 0 bridgehead atoms. The molecule has 0 aliphatic heterocycles. The normalized spacial score (nSPS) is 11.6. The molecule has 8 heteroatoms. The van der Waals surface area contributed by atoms with Crippen LogP contribution in [-0.4, -0.2) is 28.1 Å². The van der Waals surface area contributed by atoms with Gasteiger partial charge < -0.3 is 5.32 Å². The molecule has 0 saturated heterocycles. The SMILES string of the molecule is Cc1ccccc1C(=O)NC(Cc1ccccc1)C(=O)Nc1nnc(-c2ccc(Cl)cc2)s1. The summed E-state index contributed by atoms with van der Waals surface area (Å²) in [7, 11) is 0. The number of aryl methyl sites for hydroxylation is 1. The molecule has 0 saturated carbocycles. The van der Waals surface area contributed by atoms with Gasteiger partial charge in [0.05, 0.1) is 0 Å². The average molecular weight is 477 g/mol. The van der Waals surface area contributed by atoms with E-state index >= 15 is 0 Å². The van der Waals surface area contributed by atoms with Crippen molar-refractivity contribution in [2.45, 2.75) is 19.4 Å². The summed E-state index contributed by atoms with van der Waals surface area (Å²) in [5, 5.41) is 15.6. The number of rotatable bonds is 7. The van der Waals surface area contributed by atoms with Crippen LogP contribution >= 0.6 is 22.9 Å². The van der Waals surface area contributed by atoms with Crippen molar-refractivity contribution in [1.82, 2.24) is 15.5 Å². The molecule has 3 aromatic carbocycles. The zero-order valence-corrected chi connectivity index (χ0v) is 19.4. The minimum Gasteiger partial charge on any atom is -0.340 e. The van der Waals surface area contributed by atoms with E-state index in [4.69, 9.17) is 11.6 Å². The summed E-state index contributed by atoms with van der Waals surface area (Å²) in [5.74, 6) is -0.664. The topological polar surface area (TPSA) is 84.0 Å². The third-order valence-corrected chi connectivity index (χ3v) is 6.18. The Bertz CT molecular complexity index is 1260. The molecule has 6 nitrogen and oxygen atoms in total. The van der Waals surface area contributed by atoms with Gasteiger partial charge in [0.1, 0.15) is 11.0 Å². The predicted octanol–water partition coefficient (Wildman–Crippen LogP) is 5.15.